The quantitative estimate of drug-likeness (QED) is 0.507. The molecule has 33 heavy (non-hydrogen) atoms. The predicted octanol–water partition coefficient (Wildman–Crippen LogP) is 5.31. The van der Waals surface area contributed by atoms with Gasteiger partial charge in [-0.25, -0.2) is 4.90 Å². The van der Waals surface area contributed by atoms with Crippen molar-refractivity contribution in [2.75, 3.05) is 15.5 Å². The number of hydrogen-bond acceptors (Lipinski definition) is 4. The van der Waals surface area contributed by atoms with Gasteiger partial charge in [0, 0.05) is 23.3 Å². The van der Waals surface area contributed by atoms with Gasteiger partial charge < -0.3 is 10.6 Å². The van der Waals surface area contributed by atoms with E-state index in [9.17, 15) is 14.4 Å². The van der Waals surface area contributed by atoms with E-state index in [-0.39, 0.29) is 17.2 Å². The first-order valence-corrected chi connectivity index (χ1v) is 10.7. The summed E-state index contributed by atoms with van der Waals surface area (Å²) in [6, 6.07) is 19.4. The molecule has 7 heteroatoms. The summed E-state index contributed by atoms with van der Waals surface area (Å²) in [5.41, 5.74) is 4.41. The van der Waals surface area contributed by atoms with Gasteiger partial charge in [-0.2, -0.15) is 0 Å². The van der Waals surface area contributed by atoms with Crippen LogP contribution in [0.5, 0.6) is 0 Å². The van der Waals surface area contributed by atoms with Gasteiger partial charge in [0.2, 0.25) is 5.91 Å². The van der Waals surface area contributed by atoms with Gasteiger partial charge in [0.05, 0.1) is 11.3 Å². The molecule has 4 rings (SSSR count). The summed E-state index contributed by atoms with van der Waals surface area (Å²) in [4.78, 5) is 39.7. The maximum Gasteiger partial charge on any atom is 0.282 e. The van der Waals surface area contributed by atoms with Gasteiger partial charge in [0.1, 0.15) is 5.70 Å². The highest BCUT2D eigenvalue weighted by atomic mass is 35.5. The van der Waals surface area contributed by atoms with Gasteiger partial charge in [-0.3, -0.25) is 14.4 Å². The molecule has 0 aliphatic carbocycles. The summed E-state index contributed by atoms with van der Waals surface area (Å²) in [6.07, 6.45) is 0. The van der Waals surface area contributed by atoms with Crippen molar-refractivity contribution in [2.24, 2.45) is 0 Å². The van der Waals surface area contributed by atoms with Crippen molar-refractivity contribution in [2.45, 2.75) is 20.8 Å². The maximum atomic E-state index is 13.6. The number of halogens is 1. The molecule has 6 nitrogen and oxygen atoms in total. The average Bonchev–Trinajstić information content (AvgIpc) is 3.01. The van der Waals surface area contributed by atoms with Crippen LogP contribution in [0.15, 0.2) is 72.4 Å². The largest absolute Gasteiger partial charge is 0.350 e. The van der Waals surface area contributed by atoms with E-state index in [1.54, 1.807) is 48.5 Å². The number of anilines is 3. The van der Waals surface area contributed by atoms with E-state index in [1.807, 2.05) is 32.0 Å². The number of nitrogens with zero attached hydrogens (tertiary/aromatic N) is 1. The molecule has 0 saturated heterocycles. The van der Waals surface area contributed by atoms with E-state index in [2.05, 4.69) is 10.6 Å². The van der Waals surface area contributed by atoms with Crippen LogP contribution >= 0.6 is 11.6 Å². The Morgan fingerprint density at radius 2 is 1.58 bits per heavy atom. The second kappa shape index (κ2) is 8.92. The summed E-state index contributed by atoms with van der Waals surface area (Å²) in [5, 5.41) is 6.37. The summed E-state index contributed by atoms with van der Waals surface area (Å²) >= 11 is 6.17. The van der Waals surface area contributed by atoms with Crippen molar-refractivity contribution in [1.82, 2.24) is 0 Å². The Morgan fingerprint density at radius 3 is 2.24 bits per heavy atom. The molecule has 166 valence electrons. The fourth-order valence-corrected chi connectivity index (χ4v) is 3.91. The van der Waals surface area contributed by atoms with E-state index < -0.39 is 11.8 Å². The Bertz CT molecular complexity index is 1310. The van der Waals surface area contributed by atoms with E-state index >= 15 is 0 Å². The van der Waals surface area contributed by atoms with Gasteiger partial charge in [0.25, 0.3) is 11.8 Å². The lowest BCUT2D eigenvalue weighted by Crippen LogP contribution is -2.33. The lowest BCUT2D eigenvalue weighted by atomic mass is 10.0. The van der Waals surface area contributed by atoms with Gasteiger partial charge in [0.15, 0.2) is 0 Å². The molecule has 1 heterocycles. The number of nitrogens with one attached hydrogen (secondary N) is 2. The zero-order valence-corrected chi connectivity index (χ0v) is 19.2. The van der Waals surface area contributed by atoms with Crippen molar-refractivity contribution >= 4 is 52.0 Å². The van der Waals surface area contributed by atoms with E-state index in [0.29, 0.717) is 27.6 Å². The molecule has 0 fully saturated rings. The predicted molar refractivity (Wildman–Crippen MR) is 131 cm³/mol. The van der Waals surface area contributed by atoms with Gasteiger partial charge >= 0.3 is 0 Å². The fourth-order valence-electron chi connectivity index (χ4n) is 3.73. The summed E-state index contributed by atoms with van der Waals surface area (Å²) < 4.78 is 0. The molecule has 0 spiro atoms. The van der Waals surface area contributed by atoms with Crippen molar-refractivity contribution in [3.63, 3.8) is 0 Å². The third-order valence-electron chi connectivity index (χ3n) is 5.39. The topological polar surface area (TPSA) is 78.5 Å². The number of para-hydroxylation sites is 1. The van der Waals surface area contributed by atoms with Gasteiger partial charge in [-0.1, -0.05) is 48.0 Å². The number of carbonyl (C=O) groups is 3. The van der Waals surface area contributed by atoms with E-state index in [4.69, 9.17) is 11.6 Å². The molecular weight excluding hydrogens is 438 g/mol. The van der Waals surface area contributed by atoms with E-state index in [0.717, 1.165) is 11.1 Å². The maximum absolute atomic E-state index is 13.6. The van der Waals surface area contributed by atoms with Crippen LogP contribution in [0.25, 0.3) is 5.57 Å². The minimum atomic E-state index is -0.449. The second-order valence-corrected chi connectivity index (χ2v) is 8.26. The molecular formula is C26H22ClN3O3. The first kappa shape index (κ1) is 22.3. The van der Waals surface area contributed by atoms with Crippen molar-refractivity contribution < 1.29 is 14.4 Å². The van der Waals surface area contributed by atoms with Crippen LogP contribution in [0.1, 0.15) is 23.6 Å². The number of hydrogen-bond donors (Lipinski definition) is 2. The molecule has 2 N–H and O–H groups in total. The Hall–Kier alpha value is -3.90. The highest BCUT2D eigenvalue weighted by Gasteiger charge is 2.40. The summed E-state index contributed by atoms with van der Waals surface area (Å²) in [7, 11) is 0. The Kier molecular flexibility index (Phi) is 6.03. The molecule has 3 aromatic rings. The van der Waals surface area contributed by atoms with Crippen molar-refractivity contribution in [3.8, 4) is 0 Å². The van der Waals surface area contributed by atoms with Crippen LogP contribution in [0.4, 0.5) is 17.1 Å². The zero-order valence-electron chi connectivity index (χ0n) is 18.4. The van der Waals surface area contributed by atoms with E-state index in [1.165, 1.54) is 11.8 Å². The first-order valence-electron chi connectivity index (χ1n) is 10.4. The number of benzene rings is 3. The number of amides is 3. The molecule has 1 aliphatic heterocycles. The molecule has 1 aliphatic rings. The molecule has 0 aromatic heterocycles. The van der Waals surface area contributed by atoms with Crippen LogP contribution in [0, 0.1) is 13.8 Å². The molecule has 0 unspecified atom stereocenters. The Labute approximate surface area is 196 Å². The second-order valence-electron chi connectivity index (χ2n) is 7.82. The zero-order chi connectivity index (χ0) is 23.7. The van der Waals surface area contributed by atoms with Crippen molar-refractivity contribution in [1.29, 1.82) is 0 Å². The van der Waals surface area contributed by atoms with Gasteiger partial charge in [-0.15, -0.1) is 0 Å². The van der Waals surface area contributed by atoms with Crippen LogP contribution in [-0.4, -0.2) is 17.7 Å². The molecule has 3 amide bonds. The lowest BCUT2D eigenvalue weighted by Gasteiger charge is -2.18. The molecule has 3 aromatic carbocycles. The average molecular weight is 460 g/mol. The van der Waals surface area contributed by atoms with Crippen LogP contribution < -0.4 is 15.5 Å². The highest BCUT2D eigenvalue weighted by Crippen LogP contribution is 2.36. The summed E-state index contributed by atoms with van der Waals surface area (Å²) in [6.45, 7) is 5.16. The van der Waals surface area contributed by atoms with Crippen LogP contribution in [0.2, 0.25) is 5.02 Å². The van der Waals surface area contributed by atoms with Crippen molar-refractivity contribution in [3.05, 3.63) is 94.1 Å². The number of imide groups is 1. The third kappa shape index (κ3) is 4.38. The minimum absolute atomic E-state index is 0.167. The minimum Gasteiger partial charge on any atom is -0.350 e. The smallest absolute Gasteiger partial charge is 0.282 e. The number of carbonyl (C=O) groups excluding carboxylic acids is 3. The van der Waals surface area contributed by atoms with Crippen LogP contribution in [0.3, 0.4) is 0 Å². The fraction of sp³-hybridized carbons (Fsp3) is 0.115. The number of aryl methyl sites for hydroxylation is 2. The molecule has 0 bridgehead atoms. The monoisotopic (exact) mass is 459 g/mol. The Balaban J connectivity index is 1.83. The molecule has 0 atom stereocenters. The molecule has 0 saturated carbocycles. The lowest BCUT2D eigenvalue weighted by molar-refractivity contribution is -0.120. The summed E-state index contributed by atoms with van der Waals surface area (Å²) in [5.74, 6) is -1.07. The first-order chi connectivity index (χ1) is 15.8. The normalized spacial score (nSPS) is 13.5. The highest BCUT2D eigenvalue weighted by molar-refractivity contribution is 6.46. The Morgan fingerprint density at radius 1 is 0.879 bits per heavy atom. The number of rotatable bonds is 5. The van der Waals surface area contributed by atoms with Crippen LogP contribution in [-0.2, 0) is 14.4 Å². The standard InChI is InChI=1S/C26H22ClN3O3/c1-15-8-11-19(27)14-21(15)29-24-23(18-9-12-20(13-10-18)28-17(3)31)25(32)30(26(24)33)22-7-5-4-6-16(22)2/h4-14,29H,1-3H3,(H,28,31). The third-order valence-corrected chi connectivity index (χ3v) is 5.63. The van der Waals surface area contributed by atoms with Gasteiger partial charge in [-0.05, 0) is 60.9 Å². The SMILES string of the molecule is CC(=O)Nc1ccc(C2=C(Nc3cc(Cl)ccc3C)C(=O)N(c3ccccc3C)C2=O)cc1. The molecule has 0 radical (unpaired) electrons.